The highest BCUT2D eigenvalue weighted by atomic mass is 19.1. The van der Waals surface area contributed by atoms with Crippen molar-refractivity contribution in [3.63, 3.8) is 0 Å². The summed E-state index contributed by atoms with van der Waals surface area (Å²) < 4.78 is 15.4. The SMILES string of the molecule is CCCn1c(CNCc2cccc(F)c2)nc2ccccc21. The molecule has 0 radical (unpaired) electrons. The third-order valence-electron chi connectivity index (χ3n) is 3.68. The number of aryl methyl sites for hydroxylation is 1. The van der Waals surface area contributed by atoms with Gasteiger partial charge in [0.15, 0.2) is 0 Å². The lowest BCUT2D eigenvalue weighted by atomic mass is 10.2. The monoisotopic (exact) mass is 297 g/mol. The van der Waals surface area contributed by atoms with E-state index in [2.05, 4.69) is 22.9 Å². The molecule has 0 bridgehead atoms. The number of para-hydroxylation sites is 2. The zero-order valence-electron chi connectivity index (χ0n) is 12.7. The van der Waals surface area contributed by atoms with Crippen molar-refractivity contribution in [3.05, 3.63) is 65.7 Å². The number of hydrogen-bond donors (Lipinski definition) is 1. The van der Waals surface area contributed by atoms with Crippen LogP contribution in [0.4, 0.5) is 4.39 Å². The van der Waals surface area contributed by atoms with Crippen LogP contribution in [0.1, 0.15) is 24.7 Å². The Morgan fingerprint density at radius 3 is 2.77 bits per heavy atom. The fraction of sp³-hybridized carbons (Fsp3) is 0.278. The zero-order valence-corrected chi connectivity index (χ0v) is 12.7. The van der Waals surface area contributed by atoms with Gasteiger partial charge in [-0.1, -0.05) is 31.2 Å². The highest BCUT2D eigenvalue weighted by Gasteiger charge is 2.09. The van der Waals surface area contributed by atoms with Crippen molar-refractivity contribution >= 4 is 11.0 Å². The van der Waals surface area contributed by atoms with E-state index in [0.29, 0.717) is 13.1 Å². The number of nitrogens with zero attached hydrogens (tertiary/aromatic N) is 2. The fourth-order valence-corrected chi connectivity index (χ4v) is 2.70. The van der Waals surface area contributed by atoms with Gasteiger partial charge < -0.3 is 9.88 Å². The summed E-state index contributed by atoms with van der Waals surface area (Å²) in [4.78, 5) is 4.71. The fourth-order valence-electron chi connectivity index (χ4n) is 2.70. The molecule has 0 spiro atoms. The van der Waals surface area contributed by atoms with Crippen molar-refractivity contribution in [2.75, 3.05) is 0 Å². The second-order valence-electron chi connectivity index (χ2n) is 5.40. The van der Waals surface area contributed by atoms with Gasteiger partial charge in [0.1, 0.15) is 11.6 Å². The molecular formula is C18H20FN3. The minimum Gasteiger partial charge on any atom is -0.327 e. The number of hydrogen-bond acceptors (Lipinski definition) is 2. The van der Waals surface area contributed by atoms with Crippen LogP contribution in [0, 0.1) is 5.82 Å². The summed E-state index contributed by atoms with van der Waals surface area (Å²) in [6.45, 7) is 4.43. The molecule has 4 heteroatoms. The van der Waals surface area contributed by atoms with Gasteiger partial charge in [-0.25, -0.2) is 9.37 Å². The molecule has 1 N–H and O–H groups in total. The van der Waals surface area contributed by atoms with E-state index in [1.807, 2.05) is 24.3 Å². The lowest BCUT2D eigenvalue weighted by Crippen LogP contribution is -2.17. The van der Waals surface area contributed by atoms with Gasteiger partial charge >= 0.3 is 0 Å². The summed E-state index contributed by atoms with van der Waals surface area (Å²) in [6.07, 6.45) is 1.07. The molecule has 3 rings (SSSR count). The van der Waals surface area contributed by atoms with Crippen LogP contribution in [-0.2, 0) is 19.6 Å². The number of rotatable bonds is 6. The summed E-state index contributed by atoms with van der Waals surface area (Å²) in [5, 5.41) is 3.35. The Kier molecular flexibility index (Phi) is 4.49. The number of fused-ring (bicyclic) bond motifs is 1. The van der Waals surface area contributed by atoms with Crippen LogP contribution in [0.3, 0.4) is 0 Å². The third kappa shape index (κ3) is 3.17. The first-order chi connectivity index (χ1) is 10.8. The number of imidazole rings is 1. The van der Waals surface area contributed by atoms with Crippen LogP contribution in [0.25, 0.3) is 11.0 Å². The van der Waals surface area contributed by atoms with Crippen LogP contribution in [0.5, 0.6) is 0 Å². The van der Waals surface area contributed by atoms with Crippen molar-refractivity contribution in [3.8, 4) is 0 Å². The summed E-state index contributed by atoms with van der Waals surface area (Å²) in [7, 11) is 0. The van der Waals surface area contributed by atoms with E-state index < -0.39 is 0 Å². The molecule has 0 saturated carbocycles. The van der Waals surface area contributed by atoms with E-state index >= 15 is 0 Å². The summed E-state index contributed by atoms with van der Waals surface area (Å²) in [5.41, 5.74) is 3.14. The first kappa shape index (κ1) is 14.7. The molecule has 0 aliphatic heterocycles. The van der Waals surface area contributed by atoms with Crippen LogP contribution < -0.4 is 5.32 Å². The van der Waals surface area contributed by atoms with E-state index in [0.717, 1.165) is 29.9 Å². The van der Waals surface area contributed by atoms with Crippen LogP contribution in [0.15, 0.2) is 48.5 Å². The normalized spacial score (nSPS) is 11.2. The van der Waals surface area contributed by atoms with Crippen molar-refractivity contribution in [1.29, 1.82) is 0 Å². The van der Waals surface area contributed by atoms with E-state index in [1.165, 1.54) is 11.6 Å². The smallest absolute Gasteiger partial charge is 0.123 e. The molecule has 0 unspecified atom stereocenters. The molecule has 3 nitrogen and oxygen atoms in total. The predicted octanol–water partition coefficient (Wildman–Crippen LogP) is 3.88. The summed E-state index contributed by atoms with van der Waals surface area (Å²) in [5.74, 6) is 0.831. The molecule has 114 valence electrons. The summed E-state index contributed by atoms with van der Waals surface area (Å²) >= 11 is 0. The number of aromatic nitrogens is 2. The molecule has 22 heavy (non-hydrogen) atoms. The highest BCUT2D eigenvalue weighted by Crippen LogP contribution is 2.16. The van der Waals surface area contributed by atoms with Gasteiger partial charge in [-0.2, -0.15) is 0 Å². The Morgan fingerprint density at radius 1 is 1.09 bits per heavy atom. The van der Waals surface area contributed by atoms with Gasteiger partial charge in [0, 0.05) is 13.1 Å². The van der Waals surface area contributed by atoms with Crippen molar-refractivity contribution in [1.82, 2.24) is 14.9 Å². The molecule has 2 aromatic carbocycles. The van der Waals surface area contributed by atoms with Crippen molar-refractivity contribution in [2.24, 2.45) is 0 Å². The maximum absolute atomic E-state index is 13.2. The second-order valence-corrected chi connectivity index (χ2v) is 5.40. The zero-order chi connectivity index (χ0) is 15.4. The van der Waals surface area contributed by atoms with Crippen LogP contribution in [-0.4, -0.2) is 9.55 Å². The largest absolute Gasteiger partial charge is 0.327 e. The Hall–Kier alpha value is -2.20. The maximum atomic E-state index is 13.2. The average Bonchev–Trinajstić information content (AvgIpc) is 2.86. The quantitative estimate of drug-likeness (QED) is 0.748. The van der Waals surface area contributed by atoms with Crippen molar-refractivity contribution in [2.45, 2.75) is 33.0 Å². The second kappa shape index (κ2) is 6.71. The topological polar surface area (TPSA) is 29.9 Å². The molecule has 0 atom stereocenters. The number of benzene rings is 2. The Labute approximate surface area is 129 Å². The van der Waals surface area contributed by atoms with E-state index in [1.54, 1.807) is 12.1 Å². The minimum atomic E-state index is -0.197. The average molecular weight is 297 g/mol. The Balaban J connectivity index is 1.74. The summed E-state index contributed by atoms with van der Waals surface area (Å²) in [6, 6.07) is 14.9. The lowest BCUT2D eigenvalue weighted by Gasteiger charge is -2.09. The van der Waals surface area contributed by atoms with Gasteiger partial charge in [0.05, 0.1) is 17.6 Å². The van der Waals surface area contributed by atoms with E-state index in [-0.39, 0.29) is 5.82 Å². The molecule has 1 aromatic heterocycles. The van der Waals surface area contributed by atoms with E-state index in [4.69, 9.17) is 4.98 Å². The van der Waals surface area contributed by atoms with Gasteiger partial charge in [-0.3, -0.25) is 0 Å². The first-order valence-electron chi connectivity index (χ1n) is 7.67. The lowest BCUT2D eigenvalue weighted by molar-refractivity contribution is 0.593. The van der Waals surface area contributed by atoms with Gasteiger partial charge in [0.25, 0.3) is 0 Å². The van der Waals surface area contributed by atoms with Gasteiger partial charge in [-0.15, -0.1) is 0 Å². The van der Waals surface area contributed by atoms with Crippen molar-refractivity contribution < 1.29 is 4.39 Å². The van der Waals surface area contributed by atoms with Crippen LogP contribution >= 0.6 is 0 Å². The highest BCUT2D eigenvalue weighted by molar-refractivity contribution is 5.75. The molecule has 0 aliphatic carbocycles. The van der Waals surface area contributed by atoms with Gasteiger partial charge in [-0.05, 0) is 36.2 Å². The number of halogens is 1. The predicted molar refractivity (Wildman–Crippen MR) is 87.0 cm³/mol. The molecule has 3 aromatic rings. The van der Waals surface area contributed by atoms with Crippen LogP contribution in [0.2, 0.25) is 0 Å². The molecule has 0 amide bonds. The minimum absolute atomic E-state index is 0.197. The Bertz CT molecular complexity index is 764. The Morgan fingerprint density at radius 2 is 1.95 bits per heavy atom. The molecule has 0 aliphatic rings. The van der Waals surface area contributed by atoms with Gasteiger partial charge in [0.2, 0.25) is 0 Å². The maximum Gasteiger partial charge on any atom is 0.123 e. The number of nitrogens with one attached hydrogen (secondary N) is 1. The molecule has 0 saturated heterocycles. The molecular weight excluding hydrogens is 277 g/mol. The standard InChI is InChI=1S/C18H20FN3/c1-2-10-22-17-9-4-3-8-16(17)21-18(22)13-20-12-14-6-5-7-15(19)11-14/h3-9,11,20H,2,10,12-13H2,1H3. The van der Waals surface area contributed by atoms with E-state index in [9.17, 15) is 4.39 Å². The first-order valence-corrected chi connectivity index (χ1v) is 7.67. The third-order valence-corrected chi connectivity index (χ3v) is 3.68. The molecule has 0 fully saturated rings. The molecule has 1 heterocycles.